The van der Waals surface area contributed by atoms with E-state index in [1.54, 1.807) is 18.3 Å². The zero-order chi connectivity index (χ0) is 24.0. The maximum atomic E-state index is 13.6. The molecule has 1 amide bonds. The van der Waals surface area contributed by atoms with Crippen LogP contribution >= 0.6 is 0 Å². The number of hydrogen-bond donors (Lipinski definition) is 1. The third-order valence-corrected chi connectivity index (χ3v) is 7.55. The van der Waals surface area contributed by atoms with Gasteiger partial charge < -0.3 is 14.8 Å². The Bertz CT molecular complexity index is 976. The summed E-state index contributed by atoms with van der Waals surface area (Å²) in [7, 11) is 1.37. The van der Waals surface area contributed by atoms with Crippen molar-refractivity contribution in [3.05, 3.63) is 59.4 Å². The van der Waals surface area contributed by atoms with E-state index >= 15 is 0 Å². The molecule has 1 aromatic heterocycles. The minimum absolute atomic E-state index is 0.0285. The second kappa shape index (κ2) is 11.0. The number of methoxy groups -OCH3 is 1. The Morgan fingerprint density at radius 3 is 2.44 bits per heavy atom. The van der Waals surface area contributed by atoms with Gasteiger partial charge in [-0.2, -0.15) is 0 Å². The molecular formula is C28H36N2O4. The van der Waals surface area contributed by atoms with Gasteiger partial charge in [-0.25, -0.2) is 4.79 Å². The molecular weight excluding hydrogens is 428 g/mol. The topological polar surface area (TPSA) is 77.5 Å². The Morgan fingerprint density at radius 2 is 1.76 bits per heavy atom. The van der Waals surface area contributed by atoms with E-state index in [0.717, 1.165) is 49.2 Å². The molecule has 2 aromatic rings. The zero-order valence-electron chi connectivity index (χ0n) is 20.3. The number of benzene rings is 1. The van der Waals surface area contributed by atoms with E-state index in [2.05, 4.69) is 10.3 Å². The Morgan fingerprint density at radius 1 is 1.06 bits per heavy atom. The summed E-state index contributed by atoms with van der Waals surface area (Å²) in [4.78, 5) is 29.8. The normalized spacial score (nSPS) is 18.8. The first-order valence-corrected chi connectivity index (χ1v) is 12.6. The summed E-state index contributed by atoms with van der Waals surface area (Å²) < 4.78 is 10.9. The van der Waals surface area contributed by atoms with Gasteiger partial charge in [0.1, 0.15) is 5.75 Å². The Balaban J connectivity index is 1.46. The number of rotatable bonds is 8. The van der Waals surface area contributed by atoms with Crippen LogP contribution in [0.5, 0.6) is 5.75 Å². The summed E-state index contributed by atoms with van der Waals surface area (Å²) in [5.41, 5.74) is 1.79. The van der Waals surface area contributed by atoms with Crippen LogP contribution in [-0.2, 0) is 14.9 Å². The fraction of sp³-hybridized carbons (Fsp3) is 0.536. The molecule has 1 N–H and O–H groups in total. The molecule has 1 aromatic carbocycles. The van der Waals surface area contributed by atoms with Crippen LogP contribution < -0.4 is 10.1 Å². The van der Waals surface area contributed by atoms with Crippen LogP contribution in [0.3, 0.4) is 0 Å². The van der Waals surface area contributed by atoms with Crippen LogP contribution in [-0.4, -0.2) is 30.6 Å². The Labute approximate surface area is 202 Å². The lowest BCUT2D eigenvalue weighted by Gasteiger charge is -2.30. The molecule has 0 bridgehead atoms. The number of nitrogens with one attached hydrogen (secondary N) is 1. The number of carbonyl (C=O) groups is 2. The molecule has 4 rings (SSSR count). The molecule has 1 unspecified atom stereocenters. The number of carbonyl (C=O) groups excluding carboxylic acids is 2. The fourth-order valence-electron chi connectivity index (χ4n) is 5.40. The number of amides is 1. The van der Waals surface area contributed by atoms with Crippen molar-refractivity contribution in [1.82, 2.24) is 10.3 Å². The molecule has 6 heteroatoms. The second-order valence-corrected chi connectivity index (χ2v) is 9.82. The summed E-state index contributed by atoms with van der Waals surface area (Å²) in [6, 6.07) is 9.02. The van der Waals surface area contributed by atoms with Gasteiger partial charge in [0.05, 0.1) is 36.9 Å². The van der Waals surface area contributed by atoms with E-state index in [9.17, 15) is 9.59 Å². The molecule has 0 radical (unpaired) electrons. The zero-order valence-corrected chi connectivity index (χ0v) is 20.3. The lowest BCUT2D eigenvalue weighted by atomic mass is 9.78. The minimum Gasteiger partial charge on any atom is -0.492 e. The van der Waals surface area contributed by atoms with Crippen molar-refractivity contribution in [2.45, 2.75) is 76.2 Å². The highest BCUT2D eigenvalue weighted by Crippen LogP contribution is 2.42. The number of hydrogen-bond acceptors (Lipinski definition) is 5. The van der Waals surface area contributed by atoms with Crippen LogP contribution in [0.15, 0.2) is 42.7 Å². The average Bonchev–Trinajstić information content (AvgIpc) is 3.39. The molecule has 0 spiro atoms. The van der Waals surface area contributed by atoms with Gasteiger partial charge in [-0.1, -0.05) is 44.2 Å². The van der Waals surface area contributed by atoms with E-state index in [4.69, 9.17) is 9.47 Å². The molecule has 2 aliphatic rings. The van der Waals surface area contributed by atoms with E-state index in [1.807, 2.05) is 31.3 Å². The fourth-order valence-corrected chi connectivity index (χ4v) is 5.40. The number of nitrogens with zero attached hydrogens (tertiary/aromatic N) is 1. The quantitative estimate of drug-likeness (QED) is 0.521. The van der Waals surface area contributed by atoms with Crippen LogP contribution in [0.2, 0.25) is 0 Å². The molecule has 2 fully saturated rings. The lowest BCUT2D eigenvalue weighted by Crippen LogP contribution is -2.43. The Hall–Kier alpha value is -2.89. The molecule has 1 atom stereocenters. The van der Waals surface area contributed by atoms with Gasteiger partial charge >= 0.3 is 5.97 Å². The summed E-state index contributed by atoms with van der Waals surface area (Å²) in [5, 5.41) is 3.22. The summed E-state index contributed by atoms with van der Waals surface area (Å²) in [6.45, 7) is 2.69. The number of pyridine rings is 1. The van der Waals surface area contributed by atoms with Crippen LogP contribution in [0.1, 0.15) is 92.2 Å². The first-order chi connectivity index (χ1) is 16.5. The van der Waals surface area contributed by atoms with Gasteiger partial charge in [-0.3, -0.25) is 9.78 Å². The predicted molar refractivity (Wildman–Crippen MR) is 131 cm³/mol. The minimum atomic E-state index is -0.586. The first-order valence-electron chi connectivity index (χ1n) is 12.6. The molecule has 34 heavy (non-hydrogen) atoms. The predicted octanol–water partition coefficient (Wildman–Crippen LogP) is 5.52. The third kappa shape index (κ3) is 5.43. The van der Waals surface area contributed by atoms with Crippen molar-refractivity contribution in [2.24, 2.45) is 5.92 Å². The SMILES string of the molecule is COC(=O)c1ccc(C(C)NC(=O)C2(c3cncc(OCC4CCCCC4)c3)CCCC2)cc1. The van der Waals surface area contributed by atoms with Crippen molar-refractivity contribution in [1.29, 1.82) is 0 Å². The second-order valence-electron chi connectivity index (χ2n) is 9.82. The Kier molecular flexibility index (Phi) is 7.86. The van der Waals surface area contributed by atoms with Gasteiger partial charge in [-0.05, 0) is 67.9 Å². The van der Waals surface area contributed by atoms with Crippen molar-refractivity contribution < 1.29 is 19.1 Å². The monoisotopic (exact) mass is 464 g/mol. The van der Waals surface area contributed by atoms with E-state index in [1.165, 1.54) is 39.2 Å². The van der Waals surface area contributed by atoms with Crippen LogP contribution in [0.4, 0.5) is 0 Å². The summed E-state index contributed by atoms with van der Waals surface area (Å²) in [5.74, 6) is 1.04. The molecule has 2 aliphatic carbocycles. The average molecular weight is 465 g/mol. The van der Waals surface area contributed by atoms with Gasteiger partial charge in [-0.15, -0.1) is 0 Å². The number of aromatic nitrogens is 1. The standard InChI is InChI=1S/C28H36N2O4/c1-20(22-10-12-23(13-11-22)26(31)33-2)30-27(32)28(14-6-7-15-28)24-16-25(18-29-17-24)34-19-21-8-4-3-5-9-21/h10-13,16-18,20-21H,3-9,14-15,19H2,1-2H3,(H,30,32). The van der Waals surface area contributed by atoms with Crippen molar-refractivity contribution in [2.75, 3.05) is 13.7 Å². The highest BCUT2D eigenvalue weighted by molar-refractivity contribution is 5.90. The van der Waals surface area contributed by atoms with Crippen LogP contribution in [0, 0.1) is 5.92 Å². The van der Waals surface area contributed by atoms with Gasteiger partial charge in [0, 0.05) is 6.20 Å². The van der Waals surface area contributed by atoms with Gasteiger partial charge in [0.15, 0.2) is 0 Å². The van der Waals surface area contributed by atoms with Gasteiger partial charge in [0.25, 0.3) is 0 Å². The van der Waals surface area contributed by atoms with Crippen molar-refractivity contribution in [3.63, 3.8) is 0 Å². The molecule has 6 nitrogen and oxygen atoms in total. The van der Waals surface area contributed by atoms with Crippen LogP contribution in [0.25, 0.3) is 0 Å². The lowest BCUT2D eigenvalue weighted by molar-refractivity contribution is -0.127. The smallest absolute Gasteiger partial charge is 0.337 e. The maximum Gasteiger partial charge on any atom is 0.337 e. The number of esters is 1. The van der Waals surface area contributed by atoms with Crippen molar-refractivity contribution >= 4 is 11.9 Å². The molecule has 0 saturated heterocycles. The highest BCUT2D eigenvalue weighted by Gasteiger charge is 2.43. The van der Waals surface area contributed by atoms with E-state index < -0.39 is 5.41 Å². The summed E-state index contributed by atoms with van der Waals surface area (Å²) >= 11 is 0. The van der Waals surface area contributed by atoms with Gasteiger partial charge in [0.2, 0.25) is 5.91 Å². The molecule has 2 saturated carbocycles. The van der Waals surface area contributed by atoms with E-state index in [-0.39, 0.29) is 17.9 Å². The third-order valence-electron chi connectivity index (χ3n) is 7.55. The number of ether oxygens (including phenoxy) is 2. The molecule has 182 valence electrons. The molecule has 1 heterocycles. The van der Waals surface area contributed by atoms with Crippen molar-refractivity contribution in [3.8, 4) is 5.75 Å². The first kappa shape index (κ1) is 24.2. The summed E-state index contributed by atoms with van der Waals surface area (Å²) in [6.07, 6.45) is 13.6. The largest absolute Gasteiger partial charge is 0.492 e. The highest BCUT2D eigenvalue weighted by atomic mass is 16.5. The maximum absolute atomic E-state index is 13.6. The van der Waals surface area contributed by atoms with E-state index in [0.29, 0.717) is 11.5 Å². The molecule has 0 aliphatic heterocycles.